The summed E-state index contributed by atoms with van der Waals surface area (Å²) in [6.07, 6.45) is 3.86. The van der Waals surface area contributed by atoms with Gasteiger partial charge in [0.1, 0.15) is 18.0 Å². The predicted molar refractivity (Wildman–Crippen MR) is 169 cm³/mol. The van der Waals surface area contributed by atoms with Crippen LogP contribution in [0.1, 0.15) is 43.2 Å². The minimum atomic E-state index is -1.22. The number of hydrogen-bond acceptors (Lipinski definition) is 7. The Hall–Kier alpha value is -3.00. The Bertz CT molecular complexity index is 1290. The lowest BCUT2D eigenvalue weighted by Crippen LogP contribution is -2.55. The van der Waals surface area contributed by atoms with Gasteiger partial charge in [-0.2, -0.15) is 0 Å². The van der Waals surface area contributed by atoms with Gasteiger partial charge in [-0.15, -0.1) is 6.58 Å². The van der Waals surface area contributed by atoms with Crippen molar-refractivity contribution in [2.75, 3.05) is 26.8 Å². The zero-order chi connectivity index (χ0) is 31.4. The van der Waals surface area contributed by atoms with E-state index in [1.54, 1.807) is 35.2 Å². The second-order valence-corrected chi connectivity index (χ2v) is 11.4. The van der Waals surface area contributed by atoms with Gasteiger partial charge in [0.15, 0.2) is 11.5 Å². The van der Waals surface area contributed by atoms with Crippen LogP contribution < -0.4 is 14.8 Å². The maximum Gasteiger partial charge on any atom is 0.247 e. The molecule has 2 aromatic carbocycles. The molecule has 0 heterocycles. The molecule has 0 saturated carbocycles. The Morgan fingerprint density at radius 2 is 2.00 bits per heavy atom. The van der Waals surface area contributed by atoms with Gasteiger partial charge < -0.3 is 35.0 Å². The van der Waals surface area contributed by atoms with Gasteiger partial charge in [0.25, 0.3) is 0 Å². The van der Waals surface area contributed by atoms with Crippen molar-refractivity contribution in [2.24, 2.45) is 0 Å². The van der Waals surface area contributed by atoms with E-state index in [0.29, 0.717) is 44.6 Å². The normalized spacial score (nSPS) is 18.0. The minimum Gasteiger partial charge on any atom is -0.493 e. The quantitative estimate of drug-likeness (QED) is 0.119. The number of carbonyl (C=O) groups is 2. The highest BCUT2D eigenvalue weighted by Crippen LogP contribution is 2.37. The van der Waals surface area contributed by atoms with E-state index in [2.05, 4.69) is 11.9 Å². The molecule has 2 aromatic rings. The van der Waals surface area contributed by atoms with Crippen LogP contribution in [-0.4, -0.2) is 77.1 Å². The van der Waals surface area contributed by atoms with Crippen molar-refractivity contribution in [3.8, 4) is 11.5 Å². The van der Waals surface area contributed by atoms with E-state index in [0.717, 1.165) is 12.8 Å². The molecule has 234 valence electrons. The first-order chi connectivity index (χ1) is 20.7. The van der Waals surface area contributed by atoms with E-state index in [1.807, 2.05) is 22.6 Å². The lowest BCUT2D eigenvalue weighted by atomic mass is 9.87. The molecule has 3 rings (SSSR count). The number of amides is 2. The smallest absolute Gasteiger partial charge is 0.247 e. The van der Waals surface area contributed by atoms with Crippen LogP contribution in [0.3, 0.4) is 0 Å². The fourth-order valence-corrected chi connectivity index (χ4v) is 5.81. The molecule has 0 aliphatic heterocycles. The molecule has 0 saturated heterocycles. The van der Waals surface area contributed by atoms with Crippen LogP contribution in [0.5, 0.6) is 11.5 Å². The van der Waals surface area contributed by atoms with Gasteiger partial charge in [-0.05, 0) is 89.7 Å². The van der Waals surface area contributed by atoms with Crippen molar-refractivity contribution >= 4 is 34.4 Å². The molecule has 3 atom stereocenters. The van der Waals surface area contributed by atoms with Crippen LogP contribution >= 0.6 is 22.6 Å². The zero-order valence-corrected chi connectivity index (χ0v) is 26.5. The van der Waals surface area contributed by atoms with Crippen LogP contribution in [-0.2, 0) is 22.6 Å². The number of hydrogen-bond donors (Lipinski definition) is 4. The molecule has 2 amide bonds. The van der Waals surface area contributed by atoms with Gasteiger partial charge in [-0.25, -0.2) is 4.39 Å². The number of aliphatic hydroxyl groups is 3. The van der Waals surface area contributed by atoms with E-state index in [-0.39, 0.29) is 50.9 Å². The topological polar surface area (TPSA) is 129 Å². The molecular formula is C32H40FIN2O7. The number of halogens is 2. The maximum atomic E-state index is 13.9. The molecule has 4 N–H and O–H groups in total. The number of carbonyl (C=O) groups excluding carboxylic acids is 2. The van der Waals surface area contributed by atoms with Gasteiger partial charge in [-0.3, -0.25) is 9.59 Å². The summed E-state index contributed by atoms with van der Waals surface area (Å²) in [5.41, 5.74) is 1.60. The predicted octanol–water partition coefficient (Wildman–Crippen LogP) is 3.66. The van der Waals surface area contributed by atoms with Gasteiger partial charge in [0.05, 0.1) is 29.9 Å². The number of ether oxygens (including phenoxy) is 2. The average molecular weight is 711 g/mol. The Labute approximate surface area is 265 Å². The standard InChI is InChI=1S/C32H40FIN2O7/c1-3-4-5-6-10-29(39)36(13-11-21-8-7-9-24(33)15-21)26-18-23(32(41)35-12-14-37)19-27(30(26)40)43-31-25(34)16-22(20-38)17-28(31)42-2/h3,7-9,15-17,19,26-27,30,37-38,40H,1,4-6,10-14,18,20H2,2H3,(H,35,41)/t26-,27+,30+/m1/s1. The van der Waals surface area contributed by atoms with E-state index in [4.69, 9.17) is 9.47 Å². The first-order valence-corrected chi connectivity index (χ1v) is 15.4. The van der Waals surface area contributed by atoms with Gasteiger partial charge >= 0.3 is 0 Å². The number of allylic oxidation sites excluding steroid dienone is 1. The van der Waals surface area contributed by atoms with Crippen molar-refractivity contribution in [2.45, 2.75) is 63.4 Å². The van der Waals surface area contributed by atoms with E-state index < -0.39 is 24.2 Å². The van der Waals surface area contributed by atoms with Crippen molar-refractivity contribution in [1.29, 1.82) is 0 Å². The summed E-state index contributed by atoms with van der Waals surface area (Å²) in [7, 11) is 1.46. The molecule has 0 unspecified atom stereocenters. The van der Waals surface area contributed by atoms with E-state index >= 15 is 0 Å². The molecular weight excluding hydrogens is 670 g/mol. The molecule has 43 heavy (non-hydrogen) atoms. The minimum absolute atomic E-state index is 0.0365. The SMILES string of the molecule is C=CCCCCC(=O)N(CCc1cccc(F)c1)[C@@H]1CC(C(=O)NCCO)=C[C@H](Oc2c(I)cc(CO)cc2OC)[C@H]1O. The van der Waals surface area contributed by atoms with Gasteiger partial charge in [-0.1, -0.05) is 18.2 Å². The molecule has 1 aliphatic carbocycles. The summed E-state index contributed by atoms with van der Waals surface area (Å²) in [6.45, 7) is 3.50. The zero-order valence-electron chi connectivity index (χ0n) is 24.3. The number of nitrogens with one attached hydrogen (secondary N) is 1. The average Bonchev–Trinajstić information content (AvgIpc) is 3.00. The van der Waals surface area contributed by atoms with Crippen molar-refractivity contribution in [3.05, 3.63) is 81.2 Å². The maximum absolute atomic E-state index is 13.9. The molecule has 0 bridgehead atoms. The van der Waals surface area contributed by atoms with Crippen molar-refractivity contribution in [1.82, 2.24) is 10.2 Å². The Balaban J connectivity index is 1.98. The molecule has 0 fully saturated rings. The highest BCUT2D eigenvalue weighted by atomic mass is 127. The Morgan fingerprint density at radius 1 is 1.21 bits per heavy atom. The lowest BCUT2D eigenvalue weighted by Gasteiger charge is -2.41. The summed E-state index contributed by atoms with van der Waals surface area (Å²) in [4.78, 5) is 28.3. The summed E-state index contributed by atoms with van der Waals surface area (Å²) in [5.74, 6) is -0.364. The molecule has 1 aliphatic rings. The number of nitrogens with zero attached hydrogens (tertiary/aromatic N) is 1. The fourth-order valence-electron chi connectivity index (χ4n) is 5.02. The number of unbranched alkanes of at least 4 members (excludes halogenated alkanes) is 2. The summed E-state index contributed by atoms with van der Waals surface area (Å²) in [6, 6.07) is 8.66. The highest BCUT2D eigenvalue weighted by molar-refractivity contribution is 14.1. The van der Waals surface area contributed by atoms with Crippen LogP contribution in [0.25, 0.3) is 0 Å². The monoisotopic (exact) mass is 710 g/mol. The third-order valence-electron chi connectivity index (χ3n) is 7.24. The van der Waals surface area contributed by atoms with Crippen molar-refractivity contribution < 1.29 is 38.8 Å². The number of rotatable bonds is 16. The van der Waals surface area contributed by atoms with Gasteiger partial charge in [0.2, 0.25) is 11.8 Å². The number of benzene rings is 2. The molecule has 11 heteroatoms. The van der Waals surface area contributed by atoms with Crippen LogP contribution in [0.2, 0.25) is 0 Å². The third kappa shape index (κ3) is 9.75. The van der Waals surface area contributed by atoms with E-state index in [9.17, 15) is 29.3 Å². The first-order valence-electron chi connectivity index (χ1n) is 14.3. The van der Waals surface area contributed by atoms with Crippen molar-refractivity contribution in [3.63, 3.8) is 0 Å². The molecule has 0 radical (unpaired) electrons. The molecule has 0 aromatic heterocycles. The molecule has 9 nitrogen and oxygen atoms in total. The van der Waals surface area contributed by atoms with Crippen LogP contribution in [0.4, 0.5) is 4.39 Å². The van der Waals surface area contributed by atoms with E-state index in [1.165, 1.54) is 25.3 Å². The largest absolute Gasteiger partial charge is 0.493 e. The van der Waals surface area contributed by atoms with Crippen LogP contribution in [0, 0.1) is 9.39 Å². The lowest BCUT2D eigenvalue weighted by molar-refractivity contribution is -0.138. The second-order valence-electron chi connectivity index (χ2n) is 10.3. The van der Waals surface area contributed by atoms with Crippen LogP contribution in [0.15, 0.2) is 60.7 Å². The third-order valence-corrected chi connectivity index (χ3v) is 8.04. The first kappa shape index (κ1) is 34.5. The summed E-state index contributed by atoms with van der Waals surface area (Å²) >= 11 is 2.04. The Morgan fingerprint density at radius 3 is 2.67 bits per heavy atom. The number of methoxy groups -OCH3 is 1. The summed E-state index contributed by atoms with van der Waals surface area (Å²) in [5, 5.41) is 33.2. The van der Waals surface area contributed by atoms with Gasteiger partial charge in [0, 0.05) is 31.5 Å². The second kappa shape index (κ2) is 17.3. The fraction of sp³-hybridized carbons (Fsp3) is 0.438. The summed E-state index contributed by atoms with van der Waals surface area (Å²) < 4.78 is 26.3. The Kier molecular flexibility index (Phi) is 13.9. The highest BCUT2D eigenvalue weighted by Gasteiger charge is 2.40. The number of aliphatic hydroxyl groups excluding tert-OH is 3. The molecule has 0 spiro atoms.